The van der Waals surface area contributed by atoms with Crippen LogP contribution in [0.4, 0.5) is 4.79 Å². The Labute approximate surface area is 107 Å². The van der Waals surface area contributed by atoms with Gasteiger partial charge in [-0.05, 0) is 47.9 Å². The first-order valence-corrected chi connectivity index (χ1v) is 6.54. The fraction of sp³-hybridized carbons (Fsp3) is 0.600. The van der Waals surface area contributed by atoms with Crippen LogP contribution in [0.2, 0.25) is 0 Å². The molecule has 3 unspecified atom stereocenters. The Hall–Kier alpha value is -0.630. The number of hydrogen-bond acceptors (Lipinski definition) is 3. The summed E-state index contributed by atoms with van der Waals surface area (Å²) in [5.74, 6) is 0.744. The van der Waals surface area contributed by atoms with Crippen molar-refractivity contribution in [2.45, 2.75) is 24.9 Å². The van der Waals surface area contributed by atoms with Gasteiger partial charge in [-0.15, -0.1) is 0 Å². The summed E-state index contributed by atoms with van der Waals surface area (Å²) in [7, 11) is 0. The predicted molar refractivity (Wildman–Crippen MR) is 67.2 cm³/mol. The van der Waals surface area contributed by atoms with Gasteiger partial charge in [0, 0.05) is 18.3 Å². The molecular weight excluding hydrogens is 319 g/mol. The number of carbonyl (C=O) groups excluding carboxylic acids is 1. The van der Waals surface area contributed by atoms with Crippen LogP contribution in [-0.4, -0.2) is 34.4 Å². The molecule has 1 saturated carbocycles. The van der Waals surface area contributed by atoms with Crippen LogP contribution in [-0.2, 0) is 0 Å². The van der Waals surface area contributed by atoms with E-state index in [-0.39, 0.29) is 12.1 Å². The summed E-state index contributed by atoms with van der Waals surface area (Å²) in [6, 6.07) is 0.610. The van der Waals surface area contributed by atoms with E-state index in [4.69, 9.17) is 0 Å². The minimum absolute atomic E-state index is 0.123. The number of nitrogens with zero attached hydrogens (tertiary/aromatic N) is 2. The van der Waals surface area contributed by atoms with Gasteiger partial charge in [0.25, 0.3) is 0 Å². The molecule has 0 radical (unpaired) electrons. The summed E-state index contributed by atoms with van der Waals surface area (Å²) in [6.07, 6.45) is 5.71. The SMILES string of the molecule is O=C(NC1CC2CNC1C2)n1cc(I)cn1. The molecule has 2 bridgehead atoms. The molecule has 3 rings (SSSR count). The third kappa shape index (κ3) is 1.84. The molecule has 1 saturated heterocycles. The molecule has 1 amide bonds. The van der Waals surface area contributed by atoms with Gasteiger partial charge in [-0.1, -0.05) is 0 Å². The molecule has 2 fully saturated rings. The van der Waals surface area contributed by atoms with Crippen molar-refractivity contribution in [1.82, 2.24) is 20.4 Å². The van der Waals surface area contributed by atoms with E-state index in [9.17, 15) is 4.79 Å². The van der Waals surface area contributed by atoms with Crippen molar-refractivity contribution in [2.24, 2.45) is 5.92 Å². The third-order valence-corrected chi connectivity index (χ3v) is 3.95. The molecule has 2 heterocycles. The number of rotatable bonds is 1. The van der Waals surface area contributed by atoms with Gasteiger partial charge >= 0.3 is 6.03 Å². The van der Waals surface area contributed by atoms with Gasteiger partial charge in [-0.2, -0.15) is 9.78 Å². The largest absolute Gasteiger partial charge is 0.342 e. The van der Waals surface area contributed by atoms with Crippen LogP contribution in [0.25, 0.3) is 0 Å². The van der Waals surface area contributed by atoms with Gasteiger partial charge in [-0.25, -0.2) is 4.79 Å². The van der Waals surface area contributed by atoms with Crippen molar-refractivity contribution in [3.8, 4) is 0 Å². The predicted octanol–water partition coefficient (Wildman–Crippen LogP) is 0.796. The highest BCUT2D eigenvalue weighted by Crippen LogP contribution is 2.30. The molecule has 6 heteroatoms. The average Bonchev–Trinajstić information content (AvgIpc) is 2.92. The van der Waals surface area contributed by atoms with Crippen LogP contribution in [0, 0.1) is 9.49 Å². The van der Waals surface area contributed by atoms with E-state index in [0.29, 0.717) is 6.04 Å². The van der Waals surface area contributed by atoms with Crippen molar-refractivity contribution < 1.29 is 4.79 Å². The molecular formula is C10H13IN4O. The fourth-order valence-corrected chi connectivity index (χ4v) is 3.04. The lowest BCUT2D eigenvalue weighted by Gasteiger charge is -2.23. The fourth-order valence-electron chi connectivity index (χ4n) is 2.65. The maximum atomic E-state index is 11.8. The van der Waals surface area contributed by atoms with Gasteiger partial charge in [0.05, 0.1) is 9.77 Å². The summed E-state index contributed by atoms with van der Waals surface area (Å²) in [5.41, 5.74) is 0. The zero-order chi connectivity index (χ0) is 11.1. The summed E-state index contributed by atoms with van der Waals surface area (Å²) < 4.78 is 2.34. The minimum Gasteiger partial charge on any atom is -0.332 e. The van der Waals surface area contributed by atoms with Crippen LogP contribution in [0.5, 0.6) is 0 Å². The standard InChI is InChI=1S/C10H13IN4O/c11-7-4-13-15(5-7)10(16)14-9-2-6-1-8(9)12-3-6/h4-6,8-9,12H,1-3H2,(H,14,16). The Balaban J connectivity index is 1.65. The Morgan fingerprint density at radius 3 is 3.06 bits per heavy atom. The van der Waals surface area contributed by atoms with Crippen LogP contribution in [0.15, 0.2) is 12.4 Å². The van der Waals surface area contributed by atoms with E-state index < -0.39 is 0 Å². The van der Waals surface area contributed by atoms with Gasteiger partial charge in [-0.3, -0.25) is 0 Å². The van der Waals surface area contributed by atoms with Crippen LogP contribution in [0.3, 0.4) is 0 Å². The second-order valence-corrected chi connectivity index (χ2v) is 5.76. The number of nitrogens with one attached hydrogen (secondary N) is 2. The molecule has 1 aromatic rings. The maximum absolute atomic E-state index is 11.8. The Bertz CT molecular complexity index is 419. The molecule has 86 valence electrons. The van der Waals surface area contributed by atoms with Crippen molar-refractivity contribution in [3.63, 3.8) is 0 Å². The molecule has 1 aliphatic carbocycles. The van der Waals surface area contributed by atoms with E-state index in [1.807, 2.05) is 0 Å². The summed E-state index contributed by atoms with van der Waals surface area (Å²) in [6.45, 7) is 1.11. The molecule has 3 atom stereocenters. The molecule has 2 N–H and O–H groups in total. The van der Waals surface area contributed by atoms with Gasteiger partial charge < -0.3 is 10.6 Å². The monoisotopic (exact) mass is 332 g/mol. The Morgan fingerprint density at radius 2 is 2.50 bits per heavy atom. The lowest BCUT2D eigenvalue weighted by Crippen LogP contribution is -2.49. The maximum Gasteiger partial charge on any atom is 0.342 e. The third-order valence-electron chi connectivity index (χ3n) is 3.40. The molecule has 16 heavy (non-hydrogen) atoms. The van der Waals surface area contributed by atoms with Crippen molar-refractivity contribution in [2.75, 3.05) is 6.54 Å². The van der Waals surface area contributed by atoms with E-state index in [1.165, 1.54) is 11.1 Å². The number of piperidine rings is 1. The van der Waals surface area contributed by atoms with E-state index in [0.717, 1.165) is 22.5 Å². The number of carbonyl (C=O) groups is 1. The highest BCUT2D eigenvalue weighted by molar-refractivity contribution is 14.1. The van der Waals surface area contributed by atoms with E-state index >= 15 is 0 Å². The van der Waals surface area contributed by atoms with Crippen LogP contribution < -0.4 is 10.6 Å². The first kappa shape index (κ1) is 10.5. The summed E-state index contributed by atoms with van der Waals surface area (Å²) in [5, 5.41) is 10.5. The Morgan fingerprint density at radius 1 is 1.62 bits per heavy atom. The van der Waals surface area contributed by atoms with E-state index in [2.05, 4.69) is 38.3 Å². The molecule has 1 aliphatic heterocycles. The van der Waals surface area contributed by atoms with Crippen molar-refractivity contribution in [1.29, 1.82) is 0 Å². The first-order valence-electron chi connectivity index (χ1n) is 5.47. The molecule has 5 nitrogen and oxygen atoms in total. The van der Waals surface area contributed by atoms with Gasteiger partial charge in [0.15, 0.2) is 0 Å². The minimum atomic E-state index is -0.123. The van der Waals surface area contributed by atoms with Gasteiger partial charge in [0.2, 0.25) is 0 Å². The second kappa shape index (κ2) is 3.99. The molecule has 0 spiro atoms. The quantitative estimate of drug-likeness (QED) is 0.748. The molecule has 0 aromatic carbocycles. The molecule has 1 aromatic heterocycles. The molecule has 2 aliphatic rings. The van der Waals surface area contributed by atoms with Gasteiger partial charge in [0.1, 0.15) is 0 Å². The number of aromatic nitrogens is 2. The number of halogens is 1. The highest BCUT2D eigenvalue weighted by Gasteiger charge is 2.40. The van der Waals surface area contributed by atoms with E-state index in [1.54, 1.807) is 12.4 Å². The van der Waals surface area contributed by atoms with Crippen molar-refractivity contribution >= 4 is 28.6 Å². The number of amides is 1. The normalized spacial score (nSPS) is 31.9. The second-order valence-electron chi connectivity index (χ2n) is 4.51. The lowest BCUT2D eigenvalue weighted by atomic mass is 10.1. The smallest absolute Gasteiger partial charge is 0.332 e. The number of fused-ring (bicyclic) bond motifs is 2. The van der Waals surface area contributed by atoms with Crippen LogP contribution in [0.1, 0.15) is 12.8 Å². The number of hydrogen-bond donors (Lipinski definition) is 2. The van der Waals surface area contributed by atoms with Crippen molar-refractivity contribution in [3.05, 3.63) is 16.0 Å². The first-order chi connectivity index (χ1) is 7.72. The van der Waals surface area contributed by atoms with Crippen LogP contribution >= 0.6 is 22.6 Å². The zero-order valence-electron chi connectivity index (χ0n) is 8.69. The highest BCUT2D eigenvalue weighted by atomic mass is 127. The Kier molecular flexibility index (Phi) is 2.62. The summed E-state index contributed by atoms with van der Waals surface area (Å²) >= 11 is 2.14. The summed E-state index contributed by atoms with van der Waals surface area (Å²) in [4.78, 5) is 11.8. The average molecular weight is 332 g/mol. The zero-order valence-corrected chi connectivity index (χ0v) is 10.8. The topological polar surface area (TPSA) is 59.0 Å². The lowest BCUT2D eigenvalue weighted by molar-refractivity contribution is 0.231.